The lowest BCUT2D eigenvalue weighted by Crippen LogP contribution is -2.54. The SMILES string of the molecule is O=C(NCCC1CCCCC1)C1(n2cccn2)CCNCC1. The first-order valence-corrected chi connectivity index (χ1v) is 8.80. The summed E-state index contributed by atoms with van der Waals surface area (Å²) < 4.78 is 1.86. The Balaban J connectivity index is 1.58. The molecule has 0 unspecified atom stereocenters. The second kappa shape index (κ2) is 7.27. The van der Waals surface area contributed by atoms with Gasteiger partial charge in [0.2, 0.25) is 5.91 Å². The van der Waals surface area contributed by atoms with Gasteiger partial charge in [0, 0.05) is 18.9 Å². The summed E-state index contributed by atoms with van der Waals surface area (Å²) in [5.74, 6) is 0.955. The zero-order valence-electron chi connectivity index (χ0n) is 13.4. The molecule has 0 spiro atoms. The summed E-state index contributed by atoms with van der Waals surface area (Å²) in [5, 5.41) is 10.9. The third-order valence-electron chi connectivity index (χ3n) is 5.36. The van der Waals surface area contributed by atoms with E-state index in [4.69, 9.17) is 0 Å². The lowest BCUT2D eigenvalue weighted by atomic mass is 9.86. The molecule has 1 aromatic rings. The summed E-state index contributed by atoms with van der Waals surface area (Å²) in [6.45, 7) is 2.55. The second-order valence-corrected chi connectivity index (χ2v) is 6.78. The van der Waals surface area contributed by atoms with Crippen LogP contribution in [0.2, 0.25) is 0 Å². The number of hydrogen-bond acceptors (Lipinski definition) is 3. The summed E-state index contributed by atoms with van der Waals surface area (Å²) in [7, 11) is 0. The van der Waals surface area contributed by atoms with Gasteiger partial charge in [-0.1, -0.05) is 32.1 Å². The fraction of sp³-hybridized carbons (Fsp3) is 0.765. The number of nitrogens with zero attached hydrogens (tertiary/aromatic N) is 2. The molecule has 0 aromatic carbocycles. The molecule has 0 radical (unpaired) electrons. The lowest BCUT2D eigenvalue weighted by Gasteiger charge is -2.36. The third kappa shape index (κ3) is 3.35. The molecule has 2 N–H and O–H groups in total. The van der Waals surface area contributed by atoms with E-state index in [1.807, 2.05) is 16.9 Å². The van der Waals surface area contributed by atoms with Crippen LogP contribution < -0.4 is 10.6 Å². The predicted molar refractivity (Wildman–Crippen MR) is 86.5 cm³/mol. The average molecular weight is 304 g/mol. The number of hydrogen-bond donors (Lipinski definition) is 2. The van der Waals surface area contributed by atoms with Gasteiger partial charge in [-0.05, 0) is 44.3 Å². The highest BCUT2D eigenvalue weighted by Crippen LogP contribution is 2.28. The minimum absolute atomic E-state index is 0.147. The highest BCUT2D eigenvalue weighted by Gasteiger charge is 2.41. The maximum Gasteiger partial charge on any atom is 0.248 e. The van der Waals surface area contributed by atoms with Crippen LogP contribution in [0, 0.1) is 5.92 Å². The number of carbonyl (C=O) groups is 1. The van der Waals surface area contributed by atoms with E-state index >= 15 is 0 Å². The van der Waals surface area contributed by atoms with Crippen LogP contribution in [0.5, 0.6) is 0 Å². The van der Waals surface area contributed by atoms with E-state index in [1.54, 1.807) is 6.20 Å². The maximum absolute atomic E-state index is 12.9. The van der Waals surface area contributed by atoms with Gasteiger partial charge in [-0.2, -0.15) is 5.10 Å². The van der Waals surface area contributed by atoms with Crippen LogP contribution in [0.3, 0.4) is 0 Å². The van der Waals surface area contributed by atoms with Gasteiger partial charge in [-0.3, -0.25) is 9.48 Å². The molecular weight excluding hydrogens is 276 g/mol. The van der Waals surface area contributed by atoms with E-state index < -0.39 is 5.54 Å². The molecule has 3 rings (SSSR count). The van der Waals surface area contributed by atoms with Gasteiger partial charge >= 0.3 is 0 Å². The van der Waals surface area contributed by atoms with E-state index in [-0.39, 0.29) is 5.91 Å². The summed E-state index contributed by atoms with van der Waals surface area (Å²) in [6, 6.07) is 1.90. The topological polar surface area (TPSA) is 59.0 Å². The molecule has 0 atom stereocenters. The molecule has 5 heteroatoms. The van der Waals surface area contributed by atoms with Crippen molar-refractivity contribution in [3.05, 3.63) is 18.5 Å². The molecule has 5 nitrogen and oxygen atoms in total. The second-order valence-electron chi connectivity index (χ2n) is 6.78. The summed E-state index contributed by atoms with van der Waals surface area (Å²) in [6.07, 6.45) is 13.2. The van der Waals surface area contributed by atoms with Crippen molar-refractivity contribution in [2.45, 2.75) is 56.9 Å². The summed E-state index contributed by atoms with van der Waals surface area (Å²) >= 11 is 0. The van der Waals surface area contributed by atoms with Crippen molar-refractivity contribution in [1.29, 1.82) is 0 Å². The number of nitrogens with one attached hydrogen (secondary N) is 2. The Labute approximate surface area is 132 Å². The molecule has 0 bridgehead atoms. The number of piperidine rings is 1. The number of amides is 1. The van der Waals surface area contributed by atoms with Crippen molar-refractivity contribution in [2.75, 3.05) is 19.6 Å². The van der Waals surface area contributed by atoms with E-state index in [9.17, 15) is 4.79 Å². The fourth-order valence-corrected chi connectivity index (χ4v) is 3.95. The van der Waals surface area contributed by atoms with Crippen LogP contribution in [-0.2, 0) is 10.3 Å². The number of rotatable bonds is 5. The molecule has 2 heterocycles. The normalized spacial score (nSPS) is 22.4. The minimum Gasteiger partial charge on any atom is -0.354 e. The van der Waals surface area contributed by atoms with Crippen molar-refractivity contribution in [1.82, 2.24) is 20.4 Å². The third-order valence-corrected chi connectivity index (χ3v) is 5.36. The Morgan fingerprint density at radius 3 is 2.73 bits per heavy atom. The van der Waals surface area contributed by atoms with Gasteiger partial charge in [0.05, 0.1) is 0 Å². The van der Waals surface area contributed by atoms with E-state index in [1.165, 1.54) is 32.1 Å². The first-order chi connectivity index (χ1) is 10.8. The van der Waals surface area contributed by atoms with Gasteiger partial charge in [0.1, 0.15) is 5.54 Å². The monoisotopic (exact) mass is 304 g/mol. The van der Waals surface area contributed by atoms with E-state index in [0.717, 1.165) is 44.8 Å². The van der Waals surface area contributed by atoms with Crippen molar-refractivity contribution >= 4 is 5.91 Å². The molecule has 1 saturated heterocycles. The van der Waals surface area contributed by atoms with Crippen molar-refractivity contribution in [2.24, 2.45) is 5.92 Å². The van der Waals surface area contributed by atoms with Crippen LogP contribution in [-0.4, -0.2) is 35.3 Å². The number of carbonyl (C=O) groups excluding carboxylic acids is 1. The fourth-order valence-electron chi connectivity index (χ4n) is 3.95. The Bertz CT molecular complexity index is 459. The first kappa shape index (κ1) is 15.5. The largest absolute Gasteiger partial charge is 0.354 e. The molecule has 2 fully saturated rings. The van der Waals surface area contributed by atoms with E-state index in [0.29, 0.717) is 0 Å². The van der Waals surface area contributed by atoms with Gasteiger partial charge < -0.3 is 10.6 Å². The van der Waals surface area contributed by atoms with Crippen LogP contribution in [0.15, 0.2) is 18.5 Å². The van der Waals surface area contributed by atoms with Crippen LogP contribution >= 0.6 is 0 Å². The Morgan fingerprint density at radius 2 is 2.05 bits per heavy atom. The molecule has 1 aliphatic carbocycles. The molecule has 22 heavy (non-hydrogen) atoms. The molecule has 1 saturated carbocycles. The first-order valence-electron chi connectivity index (χ1n) is 8.80. The zero-order chi connectivity index (χ0) is 15.3. The predicted octanol–water partition coefficient (Wildman–Crippen LogP) is 2.05. The summed E-state index contributed by atoms with van der Waals surface area (Å²) in [4.78, 5) is 12.9. The van der Waals surface area contributed by atoms with Gasteiger partial charge in [0.15, 0.2) is 0 Å². The van der Waals surface area contributed by atoms with Crippen molar-refractivity contribution < 1.29 is 4.79 Å². The smallest absolute Gasteiger partial charge is 0.248 e. The number of aromatic nitrogens is 2. The van der Waals surface area contributed by atoms with Crippen LogP contribution in [0.4, 0.5) is 0 Å². The Kier molecular flexibility index (Phi) is 5.13. The van der Waals surface area contributed by atoms with Crippen molar-refractivity contribution in [3.63, 3.8) is 0 Å². The Hall–Kier alpha value is -1.36. The van der Waals surface area contributed by atoms with Crippen molar-refractivity contribution in [3.8, 4) is 0 Å². The highest BCUT2D eigenvalue weighted by molar-refractivity contribution is 5.84. The Morgan fingerprint density at radius 1 is 1.27 bits per heavy atom. The van der Waals surface area contributed by atoms with E-state index in [2.05, 4.69) is 15.7 Å². The maximum atomic E-state index is 12.9. The highest BCUT2D eigenvalue weighted by atomic mass is 16.2. The van der Waals surface area contributed by atoms with Crippen LogP contribution in [0.25, 0.3) is 0 Å². The molecule has 1 aliphatic heterocycles. The minimum atomic E-state index is -0.499. The molecule has 1 amide bonds. The van der Waals surface area contributed by atoms with Gasteiger partial charge in [-0.25, -0.2) is 0 Å². The quantitative estimate of drug-likeness (QED) is 0.875. The van der Waals surface area contributed by atoms with Gasteiger partial charge in [0.25, 0.3) is 0 Å². The zero-order valence-corrected chi connectivity index (χ0v) is 13.4. The summed E-state index contributed by atoms with van der Waals surface area (Å²) in [5.41, 5.74) is -0.499. The molecule has 122 valence electrons. The molecule has 2 aliphatic rings. The average Bonchev–Trinajstić information content (AvgIpc) is 3.11. The standard InChI is InChI=1S/C17H28N4O/c22-16(19-11-7-15-5-2-1-3-6-15)17(8-12-18-13-9-17)21-14-4-10-20-21/h4,10,14-15,18H,1-3,5-9,11-13H2,(H,19,22). The molecular formula is C17H28N4O. The van der Waals surface area contributed by atoms with Gasteiger partial charge in [-0.15, -0.1) is 0 Å². The lowest BCUT2D eigenvalue weighted by molar-refractivity contribution is -0.132. The van der Waals surface area contributed by atoms with Crippen LogP contribution in [0.1, 0.15) is 51.4 Å². The molecule has 1 aromatic heterocycles.